The molecule has 0 aliphatic heterocycles. The second-order valence-electron chi connectivity index (χ2n) is 4.77. The van der Waals surface area contributed by atoms with E-state index in [2.05, 4.69) is 4.72 Å². The molecule has 0 aliphatic rings. The summed E-state index contributed by atoms with van der Waals surface area (Å²) in [7, 11) is -3.90. The van der Waals surface area contributed by atoms with Crippen LogP contribution in [0.25, 0.3) is 0 Å². The topological polar surface area (TPSA) is 89.3 Å². The third kappa shape index (κ3) is 3.65. The quantitative estimate of drug-likeness (QED) is 0.875. The number of carbonyl (C=O) groups is 1. The van der Waals surface area contributed by atoms with Gasteiger partial charge >= 0.3 is 0 Å². The number of rotatable bonds is 5. The molecule has 1 atom stereocenters. The molecule has 0 bridgehead atoms. The zero-order chi connectivity index (χ0) is 16.3. The fourth-order valence-corrected chi connectivity index (χ4v) is 3.33. The van der Waals surface area contributed by atoms with Crippen LogP contribution in [0.4, 0.5) is 0 Å². The molecule has 0 spiro atoms. The summed E-state index contributed by atoms with van der Waals surface area (Å²) in [6, 6.07) is 11.5. The SMILES string of the molecule is Cc1ccccc1C(NS(=O)(=O)c1ccc(Cl)cc1)C(N)=O. The number of halogens is 1. The van der Waals surface area contributed by atoms with Crippen LogP contribution >= 0.6 is 11.6 Å². The van der Waals surface area contributed by atoms with Gasteiger partial charge in [-0.3, -0.25) is 4.79 Å². The number of sulfonamides is 1. The van der Waals surface area contributed by atoms with Gasteiger partial charge in [0.25, 0.3) is 0 Å². The van der Waals surface area contributed by atoms with Crippen molar-refractivity contribution in [2.75, 3.05) is 0 Å². The molecule has 3 N–H and O–H groups in total. The average molecular weight is 339 g/mol. The van der Waals surface area contributed by atoms with Crippen LogP contribution in [0.5, 0.6) is 0 Å². The van der Waals surface area contributed by atoms with Gasteiger partial charge in [0.2, 0.25) is 15.9 Å². The molecule has 2 aromatic carbocycles. The number of benzene rings is 2. The van der Waals surface area contributed by atoms with Gasteiger partial charge in [0.05, 0.1) is 4.90 Å². The fraction of sp³-hybridized carbons (Fsp3) is 0.133. The number of nitrogens with two attached hydrogens (primary N) is 1. The van der Waals surface area contributed by atoms with E-state index < -0.39 is 22.0 Å². The zero-order valence-electron chi connectivity index (χ0n) is 11.8. The molecule has 5 nitrogen and oxygen atoms in total. The second kappa shape index (κ2) is 6.48. The molecule has 1 unspecified atom stereocenters. The number of hydrogen-bond acceptors (Lipinski definition) is 3. The third-order valence-corrected chi connectivity index (χ3v) is 4.87. The van der Waals surface area contributed by atoms with Gasteiger partial charge in [0.1, 0.15) is 6.04 Å². The third-order valence-electron chi connectivity index (χ3n) is 3.18. The molecule has 0 fully saturated rings. The molecule has 0 heterocycles. The van der Waals surface area contributed by atoms with E-state index >= 15 is 0 Å². The maximum absolute atomic E-state index is 12.4. The van der Waals surface area contributed by atoms with Crippen molar-refractivity contribution < 1.29 is 13.2 Å². The van der Waals surface area contributed by atoms with Crippen molar-refractivity contribution >= 4 is 27.5 Å². The van der Waals surface area contributed by atoms with E-state index in [1.54, 1.807) is 31.2 Å². The summed E-state index contributed by atoms with van der Waals surface area (Å²) < 4.78 is 27.1. The van der Waals surface area contributed by atoms with Crippen molar-refractivity contribution in [1.82, 2.24) is 4.72 Å². The van der Waals surface area contributed by atoms with Crippen molar-refractivity contribution in [1.29, 1.82) is 0 Å². The number of carbonyl (C=O) groups excluding carboxylic acids is 1. The maximum Gasteiger partial charge on any atom is 0.241 e. The smallest absolute Gasteiger partial charge is 0.241 e. The number of primary amides is 1. The van der Waals surface area contributed by atoms with Crippen molar-refractivity contribution in [2.45, 2.75) is 17.9 Å². The minimum absolute atomic E-state index is 0.0109. The Morgan fingerprint density at radius 1 is 1.14 bits per heavy atom. The molecule has 0 aliphatic carbocycles. The summed E-state index contributed by atoms with van der Waals surface area (Å²) in [5.41, 5.74) is 6.65. The molecule has 2 aromatic rings. The number of aryl methyl sites for hydroxylation is 1. The van der Waals surface area contributed by atoms with E-state index in [4.69, 9.17) is 17.3 Å². The Hall–Kier alpha value is -1.89. The van der Waals surface area contributed by atoms with Crippen LogP contribution in [0.1, 0.15) is 17.2 Å². The predicted octanol–water partition coefficient (Wildman–Crippen LogP) is 2.15. The van der Waals surface area contributed by atoms with Crippen LogP contribution in [0, 0.1) is 6.92 Å². The summed E-state index contributed by atoms with van der Waals surface area (Å²) in [4.78, 5) is 11.7. The van der Waals surface area contributed by atoms with E-state index in [0.29, 0.717) is 10.6 Å². The van der Waals surface area contributed by atoms with Gasteiger partial charge in [-0.2, -0.15) is 4.72 Å². The molecule has 2 rings (SSSR count). The molecule has 22 heavy (non-hydrogen) atoms. The monoisotopic (exact) mass is 338 g/mol. The summed E-state index contributed by atoms with van der Waals surface area (Å²) in [6.45, 7) is 1.78. The van der Waals surface area contributed by atoms with E-state index in [1.165, 1.54) is 24.3 Å². The van der Waals surface area contributed by atoms with Crippen LogP contribution in [-0.2, 0) is 14.8 Å². The fourth-order valence-electron chi connectivity index (χ4n) is 2.02. The van der Waals surface area contributed by atoms with Crippen LogP contribution in [-0.4, -0.2) is 14.3 Å². The molecule has 0 saturated heterocycles. The van der Waals surface area contributed by atoms with Crippen LogP contribution in [0.2, 0.25) is 5.02 Å². The minimum atomic E-state index is -3.90. The lowest BCUT2D eigenvalue weighted by molar-refractivity contribution is -0.119. The normalized spacial score (nSPS) is 12.8. The van der Waals surface area contributed by atoms with E-state index in [-0.39, 0.29) is 4.90 Å². The summed E-state index contributed by atoms with van der Waals surface area (Å²) in [5.74, 6) is -0.771. The Morgan fingerprint density at radius 2 is 1.73 bits per heavy atom. The lowest BCUT2D eigenvalue weighted by Crippen LogP contribution is -2.37. The van der Waals surface area contributed by atoms with Gasteiger partial charge in [0.15, 0.2) is 0 Å². The standard InChI is InChI=1S/C15H15ClN2O3S/c1-10-4-2-3-5-13(10)14(15(17)19)18-22(20,21)12-8-6-11(16)7-9-12/h2-9,14,18H,1H3,(H2,17,19). The molecule has 116 valence electrons. The molecular formula is C15H15ClN2O3S. The highest BCUT2D eigenvalue weighted by atomic mass is 35.5. The molecular weight excluding hydrogens is 324 g/mol. The Kier molecular flexibility index (Phi) is 4.85. The summed E-state index contributed by atoms with van der Waals surface area (Å²) >= 11 is 5.75. The minimum Gasteiger partial charge on any atom is -0.368 e. The lowest BCUT2D eigenvalue weighted by Gasteiger charge is -2.18. The van der Waals surface area contributed by atoms with Gasteiger partial charge in [-0.25, -0.2) is 8.42 Å². The van der Waals surface area contributed by atoms with E-state index in [9.17, 15) is 13.2 Å². The summed E-state index contributed by atoms with van der Waals surface area (Å²) in [5, 5.41) is 0.421. The first-order valence-electron chi connectivity index (χ1n) is 6.44. The van der Waals surface area contributed by atoms with Crippen molar-refractivity contribution in [3.8, 4) is 0 Å². The predicted molar refractivity (Wildman–Crippen MR) is 84.9 cm³/mol. The Bertz CT molecular complexity index is 789. The Labute approximate surface area is 134 Å². The molecule has 0 aromatic heterocycles. The highest BCUT2D eigenvalue weighted by molar-refractivity contribution is 7.89. The molecule has 7 heteroatoms. The van der Waals surface area contributed by atoms with Gasteiger partial charge < -0.3 is 5.73 Å². The first kappa shape index (κ1) is 16.5. The molecule has 0 saturated carbocycles. The molecule has 0 radical (unpaired) electrons. The van der Waals surface area contributed by atoms with Crippen LogP contribution in [0.3, 0.4) is 0 Å². The number of nitrogens with one attached hydrogen (secondary N) is 1. The van der Waals surface area contributed by atoms with Gasteiger partial charge in [-0.1, -0.05) is 35.9 Å². The first-order valence-corrected chi connectivity index (χ1v) is 8.30. The van der Waals surface area contributed by atoms with E-state index in [1.807, 2.05) is 0 Å². The van der Waals surface area contributed by atoms with Gasteiger partial charge in [-0.05, 0) is 42.3 Å². The molecule has 1 amide bonds. The summed E-state index contributed by atoms with van der Waals surface area (Å²) in [6.07, 6.45) is 0. The highest BCUT2D eigenvalue weighted by Gasteiger charge is 2.26. The Balaban J connectivity index is 2.38. The first-order chi connectivity index (χ1) is 10.3. The number of hydrogen-bond donors (Lipinski definition) is 2. The largest absolute Gasteiger partial charge is 0.368 e. The van der Waals surface area contributed by atoms with Crippen molar-refractivity contribution in [3.05, 3.63) is 64.7 Å². The number of amides is 1. The van der Waals surface area contributed by atoms with Gasteiger partial charge in [0, 0.05) is 5.02 Å². The van der Waals surface area contributed by atoms with E-state index in [0.717, 1.165) is 5.56 Å². The maximum atomic E-state index is 12.4. The second-order valence-corrected chi connectivity index (χ2v) is 6.92. The highest BCUT2D eigenvalue weighted by Crippen LogP contribution is 2.21. The Morgan fingerprint density at radius 3 is 2.27 bits per heavy atom. The van der Waals surface area contributed by atoms with Crippen molar-refractivity contribution in [3.63, 3.8) is 0 Å². The van der Waals surface area contributed by atoms with Crippen molar-refractivity contribution in [2.24, 2.45) is 5.73 Å². The average Bonchev–Trinajstić information content (AvgIpc) is 2.46. The lowest BCUT2D eigenvalue weighted by atomic mass is 10.0. The van der Waals surface area contributed by atoms with Crippen LogP contribution in [0.15, 0.2) is 53.4 Å². The zero-order valence-corrected chi connectivity index (χ0v) is 13.4. The van der Waals surface area contributed by atoms with Gasteiger partial charge in [-0.15, -0.1) is 0 Å². The van der Waals surface area contributed by atoms with Crippen LogP contribution < -0.4 is 10.5 Å².